The molecule has 0 aliphatic carbocycles. The molecule has 0 fully saturated rings. The number of halogens is 2. The van der Waals surface area contributed by atoms with Gasteiger partial charge in [0.05, 0.1) is 21.8 Å². The summed E-state index contributed by atoms with van der Waals surface area (Å²) in [5, 5.41) is 2.59. The van der Waals surface area contributed by atoms with Gasteiger partial charge in [-0.2, -0.15) is 0 Å². The lowest BCUT2D eigenvalue weighted by Gasteiger charge is -2.17. The minimum Gasteiger partial charge on any atom is -0.325 e. The molecule has 4 rings (SSSR count). The molecule has 1 atom stereocenters. The van der Waals surface area contributed by atoms with Crippen molar-refractivity contribution in [3.05, 3.63) is 94.3 Å². The number of aryl methyl sites for hydroxylation is 1. The van der Waals surface area contributed by atoms with Crippen molar-refractivity contribution >= 4 is 34.3 Å². The Balaban J connectivity index is 1.74. The Morgan fingerprint density at radius 2 is 1.78 bits per heavy atom. The Morgan fingerprint density at radius 3 is 2.50 bits per heavy atom. The minimum atomic E-state index is -0.900. The van der Waals surface area contributed by atoms with E-state index in [2.05, 4.69) is 10.3 Å². The maximum atomic E-state index is 14.6. The lowest BCUT2D eigenvalue weighted by molar-refractivity contribution is -0.115. The van der Waals surface area contributed by atoms with Crippen LogP contribution in [0.4, 0.5) is 14.5 Å². The van der Waals surface area contributed by atoms with Crippen molar-refractivity contribution in [2.75, 3.05) is 5.32 Å². The van der Waals surface area contributed by atoms with Crippen LogP contribution in [0.25, 0.3) is 16.6 Å². The molecule has 0 radical (unpaired) electrons. The average molecular weight is 451 g/mol. The van der Waals surface area contributed by atoms with Gasteiger partial charge in [0.2, 0.25) is 5.91 Å². The highest BCUT2D eigenvalue weighted by atomic mass is 32.2. The van der Waals surface area contributed by atoms with Crippen LogP contribution in [-0.2, 0) is 4.79 Å². The largest absolute Gasteiger partial charge is 0.325 e. The van der Waals surface area contributed by atoms with Crippen LogP contribution < -0.4 is 10.9 Å². The molecule has 0 aliphatic heterocycles. The molecule has 1 amide bonds. The number of amides is 1. The zero-order valence-electron chi connectivity index (χ0n) is 17.3. The van der Waals surface area contributed by atoms with Gasteiger partial charge in [-0.05, 0) is 50.2 Å². The summed E-state index contributed by atoms with van der Waals surface area (Å²) in [7, 11) is 0. The SMILES string of the molecule is Cc1ccc(NC(=O)[C@H](C)Sc2nc3ccccc3c(=O)n2-c2ccc(F)cc2F)cc1. The molecule has 8 heteroatoms. The third-order valence-electron chi connectivity index (χ3n) is 4.87. The molecular formula is C24H19F2N3O2S. The molecule has 32 heavy (non-hydrogen) atoms. The first-order valence-corrected chi connectivity index (χ1v) is 10.7. The quantitative estimate of drug-likeness (QED) is 0.339. The Labute approximate surface area is 187 Å². The number of hydrogen-bond acceptors (Lipinski definition) is 4. The molecule has 4 aromatic rings. The summed E-state index contributed by atoms with van der Waals surface area (Å²) >= 11 is 1.02. The summed E-state index contributed by atoms with van der Waals surface area (Å²) in [6.07, 6.45) is 0. The Morgan fingerprint density at radius 1 is 1.06 bits per heavy atom. The zero-order valence-corrected chi connectivity index (χ0v) is 18.1. The van der Waals surface area contributed by atoms with Crippen LogP contribution in [0.5, 0.6) is 0 Å². The summed E-state index contributed by atoms with van der Waals surface area (Å²) in [5.74, 6) is -1.96. The number of anilines is 1. The second-order valence-electron chi connectivity index (χ2n) is 7.26. The van der Waals surface area contributed by atoms with Gasteiger partial charge >= 0.3 is 0 Å². The lowest BCUT2D eigenvalue weighted by Crippen LogP contribution is -2.26. The van der Waals surface area contributed by atoms with Crippen molar-refractivity contribution in [2.24, 2.45) is 0 Å². The number of nitrogens with zero attached hydrogens (tertiary/aromatic N) is 2. The summed E-state index contributed by atoms with van der Waals surface area (Å²) in [4.78, 5) is 30.5. The minimum absolute atomic E-state index is 0.130. The number of fused-ring (bicyclic) bond motifs is 1. The van der Waals surface area contributed by atoms with E-state index in [9.17, 15) is 18.4 Å². The van der Waals surface area contributed by atoms with Gasteiger partial charge in [0, 0.05) is 11.8 Å². The maximum absolute atomic E-state index is 14.6. The highest BCUT2D eigenvalue weighted by molar-refractivity contribution is 8.00. The van der Waals surface area contributed by atoms with Gasteiger partial charge in [-0.1, -0.05) is 41.6 Å². The van der Waals surface area contributed by atoms with Crippen LogP contribution in [0.1, 0.15) is 12.5 Å². The Hall–Kier alpha value is -3.52. The second-order valence-corrected chi connectivity index (χ2v) is 8.57. The van der Waals surface area contributed by atoms with Crippen molar-refractivity contribution in [1.82, 2.24) is 9.55 Å². The van der Waals surface area contributed by atoms with E-state index in [0.29, 0.717) is 17.3 Å². The van der Waals surface area contributed by atoms with Crippen molar-refractivity contribution in [3.8, 4) is 5.69 Å². The molecule has 0 bridgehead atoms. The molecule has 1 heterocycles. The number of thioether (sulfide) groups is 1. The monoisotopic (exact) mass is 451 g/mol. The zero-order chi connectivity index (χ0) is 22.8. The van der Waals surface area contributed by atoms with Crippen molar-refractivity contribution in [3.63, 3.8) is 0 Å². The van der Waals surface area contributed by atoms with Gasteiger partial charge < -0.3 is 5.32 Å². The number of nitrogens with one attached hydrogen (secondary N) is 1. The van der Waals surface area contributed by atoms with Gasteiger partial charge in [0.15, 0.2) is 5.16 Å². The number of hydrogen-bond donors (Lipinski definition) is 1. The highest BCUT2D eigenvalue weighted by Gasteiger charge is 2.22. The van der Waals surface area contributed by atoms with Gasteiger partial charge in [-0.15, -0.1) is 0 Å². The molecule has 0 unspecified atom stereocenters. The van der Waals surface area contributed by atoms with Crippen LogP contribution in [-0.4, -0.2) is 20.7 Å². The molecule has 0 saturated carbocycles. The normalized spacial score (nSPS) is 12.0. The van der Waals surface area contributed by atoms with Crippen molar-refractivity contribution < 1.29 is 13.6 Å². The molecule has 3 aromatic carbocycles. The van der Waals surface area contributed by atoms with Crippen molar-refractivity contribution in [1.29, 1.82) is 0 Å². The molecule has 1 N–H and O–H groups in total. The number of rotatable bonds is 5. The van der Waals surface area contributed by atoms with E-state index in [1.54, 1.807) is 43.3 Å². The van der Waals surface area contributed by atoms with Gasteiger partial charge in [0.1, 0.15) is 11.6 Å². The Bertz CT molecular complexity index is 1370. The van der Waals surface area contributed by atoms with E-state index in [1.807, 2.05) is 19.1 Å². The van der Waals surface area contributed by atoms with E-state index in [4.69, 9.17) is 0 Å². The fraction of sp³-hybridized carbons (Fsp3) is 0.125. The molecule has 162 valence electrons. The standard InChI is InChI=1S/C24H19F2N3O2S/c1-14-7-10-17(11-8-14)27-22(30)15(2)32-24-28-20-6-4-3-5-18(20)23(31)29(24)21-12-9-16(25)13-19(21)26/h3-13,15H,1-2H3,(H,27,30)/t15-/m0/s1. The molecular weight excluding hydrogens is 432 g/mol. The summed E-state index contributed by atoms with van der Waals surface area (Å²) < 4.78 is 29.1. The first-order chi connectivity index (χ1) is 15.3. The topological polar surface area (TPSA) is 64.0 Å². The number of carbonyl (C=O) groups is 1. The first kappa shape index (κ1) is 21.7. The van der Waals surface area contributed by atoms with E-state index in [1.165, 1.54) is 6.07 Å². The molecule has 0 saturated heterocycles. The van der Waals surface area contributed by atoms with E-state index in [-0.39, 0.29) is 22.1 Å². The summed E-state index contributed by atoms with van der Waals surface area (Å²) in [6, 6.07) is 17.0. The molecule has 0 spiro atoms. The summed E-state index contributed by atoms with van der Waals surface area (Å²) in [6.45, 7) is 3.62. The number of aromatic nitrogens is 2. The number of carbonyl (C=O) groups excluding carboxylic acids is 1. The fourth-order valence-electron chi connectivity index (χ4n) is 3.16. The average Bonchev–Trinajstić information content (AvgIpc) is 2.76. The first-order valence-electron chi connectivity index (χ1n) is 9.85. The highest BCUT2D eigenvalue weighted by Crippen LogP contribution is 2.27. The van der Waals surface area contributed by atoms with Crippen molar-refractivity contribution in [2.45, 2.75) is 24.3 Å². The van der Waals surface area contributed by atoms with Gasteiger partial charge in [-0.3, -0.25) is 14.2 Å². The molecule has 0 aliphatic rings. The number of benzene rings is 3. The van der Waals surface area contributed by atoms with E-state index < -0.39 is 22.4 Å². The predicted molar refractivity (Wildman–Crippen MR) is 122 cm³/mol. The number of para-hydroxylation sites is 1. The molecule has 1 aromatic heterocycles. The third kappa shape index (κ3) is 4.40. The fourth-order valence-corrected chi connectivity index (χ4v) is 4.08. The predicted octanol–water partition coefficient (Wildman–Crippen LogP) is 5.09. The van der Waals surface area contributed by atoms with E-state index in [0.717, 1.165) is 28.0 Å². The van der Waals surface area contributed by atoms with E-state index >= 15 is 0 Å². The second kappa shape index (κ2) is 8.92. The maximum Gasteiger partial charge on any atom is 0.266 e. The van der Waals surface area contributed by atoms with Crippen LogP contribution in [0, 0.1) is 18.6 Å². The third-order valence-corrected chi connectivity index (χ3v) is 5.92. The smallest absolute Gasteiger partial charge is 0.266 e. The van der Waals surface area contributed by atoms with Gasteiger partial charge in [0.25, 0.3) is 5.56 Å². The van der Waals surface area contributed by atoms with Crippen LogP contribution in [0.15, 0.2) is 76.7 Å². The van der Waals surface area contributed by atoms with Gasteiger partial charge in [-0.25, -0.2) is 13.8 Å². The van der Waals surface area contributed by atoms with Crippen LogP contribution in [0.3, 0.4) is 0 Å². The lowest BCUT2D eigenvalue weighted by atomic mass is 10.2. The summed E-state index contributed by atoms with van der Waals surface area (Å²) in [5.41, 5.74) is 1.49. The Kier molecular flexibility index (Phi) is 6.05. The van der Waals surface area contributed by atoms with Crippen LogP contribution in [0.2, 0.25) is 0 Å². The molecule has 5 nitrogen and oxygen atoms in total. The van der Waals surface area contributed by atoms with Crippen LogP contribution >= 0.6 is 11.8 Å².